The Kier molecular flexibility index (Phi) is 4.24. The molecule has 2 rings (SSSR count). The van der Waals surface area contributed by atoms with Crippen molar-refractivity contribution in [3.05, 3.63) is 57.4 Å². The molecule has 122 valence electrons. The Morgan fingerprint density at radius 1 is 1.22 bits per heavy atom. The number of hydrogen-bond acceptors (Lipinski definition) is 5. The second kappa shape index (κ2) is 5.84. The van der Waals surface area contributed by atoms with E-state index >= 15 is 0 Å². The van der Waals surface area contributed by atoms with Crippen molar-refractivity contribution in [2.24, 2.45) is 0 Å². The summed E-state index contributed by atoms with van der Waals surface area (Å²) < 4.78 is 40.6. The minimum Gasteiger partial charge on any atom is -0.502 e. The summed E-state index contributed by atoms with van der Waals surface area (Å²) in [5, 5.41) is 20.3. The van der Waals surface area contributed by atoms with Crippen LogP contribution in [0.15, 0.2) is 35.2 Å². The molecule has 0 aliphatic heterocycles. The van der Waals surface area contributed by atoms with Gasteiger partial charge in [-0.1, -0.05) is 6.07 Å². The lowest BCUT2D eigenvalue weighted by atomic mass is 10.2. The van der Waals surface area contributed by atoms with Gasteiger partial charge in [0.05, 0.1) is 15.5 Å². The van der Waals surface area contributed by atoms with Gasteiger partial charge >= 0.3 is 5.69 Å². The first-order valence-corrected chi connectivity index (χ1v) is 7.87. The molecule has 0 spiro atoms. The lowest BCUT2D eigenvalue weighted by Crippen LogP contribution is -2.15. The number of rotatable bonds is 4. The number of phenolic OH excluding ortho intramolecular Hbond substituents is 1. The lowest BCUT2D eigenvalue weighted by molar-refractivity contribution is -0.386. The SMILES string of the molecule is Cc1ccc(NS(=O)(=O)c2cc([N+](=O)[O-])c(O)cc2C)c(F)c1. The number of aryl methyl sites for hydroxylation is 2. The number of sulfonamides is 1. The average molecular weight is 340 g/mol. The summed E-state index contributed by atoms with van der Waals surface area (Å²) in [4.78, 5) is 9.52. The maximum atomic E-state index is 13.8. The summed E-state index contributed by atoms with van der Waals surface area (Å²) in [5.74, 6) is -1.41. The highest BCUT2D eigenvalue weighted by Gasteiger charge is 2.24. The topological polar surface area (TPSA) is 110 Å². The molecule has 0 aromatic heterocycles. The Morgan fingerprint density at radius 2 is 1.87 bits per heavy atom. The molecule has 0 aliphatic rings. The van der Waals surface area contributed by atoms with Crippen LogP contribution in [0, 0.1) is 29.8 Å². The highest BCUT2D eigenvalue weighted by Crippen LogP contribution is 2.32. The Labute approximate surface area is 131 Å². The number of anilines is 1. The average Bonchev–Trinajstić information content (AvgIpc) is 2.41. The van der Waals surface area contributed by atoms with Gasteiger partial charge in [-0.15, -0.1) is 0 Å². The van der Waals surface area contributed by atoms with Gasteiger partial charge in [0, 0.05) is 6.07 Å². The Bertz CT molecular complexity index is 896. The van der Waals surface area contributed by atoms with Crippen molar-refractivity contribution in [2.75, 3.05) is 4.72 Å². The largest absolute Gasteiger partial charge is 0.502 e. The third-order valence-corrected chi connectivity index (χ3v) is 4.63. The summed E-state index contributed by atoms with van der Waals surface area (Å²) >= 11 is 0. The van der Waals surface area contributed by atoms with Gasteiger partial charge < -0.3 is 5.11 Å². The van der Waals surface area contributed by atoms with Crippen LogP contribution in [-0.4, -0.2) is 18.4 Å². The maximum absolute atomic E-state index is 13.8. The van der Waals surface area contributed by atoms with Gasteiger partial charge in [-0.25, -0.2) is 12.8 Å². The van der Waals surface area contributed by atoms with Gasteiger partial charge in [0.25, 0.3) is 10.0 Å². The molecule has 0 fully saturated rings. The van der Waals surface area contributed by atoms with Gasteiger partial charge in [-0.3, -0.25) is 14.8 Å². The van der Waals surface area contributed by atoms with Gasteiger partial charge in [0.1, 0.15) is 5.82 Å². The van der Waals surface area contributed by atoms with Gasteiger partial charge in [0.15, 0.2) is 5.75 Å². The van der Waals surface area contributed by atoms with Crippen molar-refractivity contribution < 1.29 is 22.8 Å². The molecule has 2 N–H and O–H groups in total. The van der Waals surface area contributed by atoms with Crippen molar-refractivity contribution in [1.29, 1.82) is 0 Å². The van der Waals surface area contributed by atoms with E-state index in [9.17, 15) is 28.0 Å². The van der Waals surface area contributed by atoms with Crippen LogP contribution in [0.2, 0.25) is 0 Å². The first kappa shape index (κ1) is 16.7. The first-order chi connectivity index (χ1) is 10.6. The van der Waals surface area contributed by atoms with E-state index in [1.165, 1.54) is 19.1 Å². The fraction of sp³-hybridized carbons (Fsp3) is 0.143. The number of nitrogens with one attached hydrogen (secondary N) is 1. The maximum Gasteiger partial charge on any atom is 0.312 e. The lowest BCUT2D eigenvalue weighted by Gasteiger charge is -2.12. The molecule has 0 aliphatic carbocycles. The number of phenols is 1. The summed E-state index contributed by atoms with van der Waals surface area (Å²) in [5.41, 5.74) is -0.318. The third-order valence-electron chi connectivity index (χ3n) is 3.13. The molecule has 7 nitrogen and oxygen atoms in total. The molecule has 2 aromatic carbocycles. The Hall–Kier alpha value is -2.68. The Balaban J connectivity index is 2.51. The second-order valence-corrected chi connectivity index (χ2v) is 6.60. The summed E-state index contributed by atoms with van der Waals surface area (Å²) in [6.45, 7) is 3.01. The number of hydrogen-bond donors (Lipinski definition) is 2. The van der Waals surface area contributed by atoms with E-state index in [0.29, 0.717) is 5.56 Å². The summed E-state index contributed by atoms with van der Waals surface area (Å²) in [6.07, 6.45) is 0. The van der Waals surface area contributed by atoms with E-state index < -0.39 is 37.1 Å². The number of nitro groups is 1. The van der Waals surface area contributed by atoms with Crippen molar-refractivity contribution >= 4 is 21.4 Å². The van der Waals surface area contributed by atoms with E-state index in [1.54, 1.807) is 6.92 Å². The molecular formula is C14H13FN2O5S. The summed E-state index contributed by atoms with van der Waals surface area (Å²) in [7, 11) is -4.26. The fourth-order valence-corrected chi connectivity index (χ4v) is 3.32. The van der Waals surface area contributed by atoms with Gasteiger partial charge in [0.2, 0.25) is 0 Å². The molecule has 2 aromatic rings. The van der Waals surface area contributed by atoms with Crippen molar-refractivity contribution in [2.45, 2.75) is 18.7 Å². The normalized spacial score (nSPS) is 11.3. The molecule has 0 saturated carbocycles. The molecule has 0 radical (unpaired) electrons. The molecule has 0 unspecified atom stereocenters. The molecule has 0 bridgehead atoms. The van der Waals surface area contributed by atoms with E-state index in [4.69, 9.17) is 0 Å². The monoisotopic (exact) mass is 340 g/mol. The standard InChI is InChI=1S/C14H13FN2O5S/c1-8-3-4-11(10(15)5-8)16-23(21,22)14-7-12(17(19)20)13(18)6-9(14)2/h3-7,16,18H,1-2H3. The van der Waals surface area contributed by atoms with Crippen molar-refractivity contribution in [1.82, 2.24) is 0 Å². The molecule has 23 heavy (non-hydrogen) atoms. The fourth-order valence-electron chi connectivity index (χ4n) is 2.00. The molecule has 0 amide bonds. The molecular weight excluding hydrogens is 327 g/mol. The van der Waals surface area contributed by atoms with Crippen LogP contribution in [0.25, 0.3) is 0 Å². The predicted molar refractivity (Wildman–Crippen MR) is 81.4 cm³/mol. The summed E-state index contributed by atoms with van der Waals surface area (Å²) in [6, 6.07) is 5.64. The quantitative estimate of drug-likeness (QED) is 0.657. The highest BCUT2D eigenvalue weighted by atomic mass is 32.2. The third kappa shape index (κ3) is 3.39. The zero-order valence-corrected chi connectivity index (χ0v) is 13.0. The minimum atomic E-state index is -4.26. The number of aromatic hydroxyl groups is 1. The van der Waals surface area contributed by atoms with Crippen molar-refractivity contribution in [3.8, 4) is 5.75 Å². The van der Waals surface area contributed by atoms with Crippen LogP contribution in [0.3, 0.4) is 0 Å². The number of nitrogens with zero attached hydrogens (tertiary/aromatic N) is 1. The van der Waals surface area contributed by atoms with Crippen LogP contribution >= 0.6 is 0 Å². The van der Waals surface area contributed by atoms with E-state index in [0.717, 1.165) is 18.2 Å². The smallest absolute Gasteiger partial charge is 0.312 e. The first-order valence-electron chi connectivity index (χ1n) is 6.39. The molecule has 0 heterocycles. The minimum absolute atomic E-state index is 0.0909. The number of halogens is 1. The van der Waals surface area contributed by atoms with Crippen molar-refractivity contribution in [3.63, 3.8) is 0 Å². The highest BCUT2D eigenvalue weighted by molar-refractivity contribution is 7.92. The van der Waals surface area contributed by atoms with Crippen LogP contribution in [0.1, 0.15) is 11.1 Å². The molecule has 0 saturated heterocycles. The zero-order valence-electron chi connectivity index (χ0n) is 12.2. The Morgan fingerprint density at radius 3 is 2.43 bits per heavy atom. The van der Waals surface area contributed by atoms with Crippen LogP contribution in [0.5, 0.6) is 5.75 Å². The van der Waals surface area contributed by atoms with E-state index in [2.05, 4.69) is 0 Å². The van der Waals surface area contributed by atoms with Crippen LogP contribution in [0.4, 0.5) is 15.8 Å². The predicted octanol–water partition coefficient (Wildman–Crippen LogP) is 2.86. The van der Waals surface area contributed by atoms with Gasteiger partial charge in [-0.2, -0.15) is 0 Å². The molecule has 9 heteroatoms. The van der Waals surface area contributed by atoms with Gasteiger partial charge in [-0.05, 0) is 43.2 Å². The van der Waals surface area contributed by atoms with Crippen LogP contribution < -0.4 is 4.72 Å². The molecule has 0 atom stereocenters. The zero-order chi connectivity index (χ0) is 17.4. The second-order valence-electron chi connectivity index (χ2n) is 4.95. The van der Waals surface area contributed by atoms with E-state index in [1.807, 2.05) is 4.72 Å². The number of benzene rings is 2. The number of nitro benzene ring substituents is 1. The van der Waals surface area contributed by atoms with E-state index in [-0.39, 0.29) is 11.3 Å². The van der Waals surface area contributed by atoms with Crippen LogP contribution in [-0.2, 0) is 10.0 Å².